The lowest BCUT2D eigenvalue weighted by Gasteiger charge is -2.38. The summed E-state index contributed by atoms with van der Waals surface area (Å²) in [6, 6.07) is 0. The van der Waals surface area contributed by atoms with Gasteiger partial charge in [-0.05, 0) is 29.6 Å². The molecule has 0 aromatic carbocycles. The fraction of sp³-hybridized carbons (Fsp3) is 0.941. The zero-order chi connectivity index (χ0) is 15.7. The van der Waals surface area contributed by atoms with E-state index in [1.807, 2.05) is 13.8 Å². The van der Waals surface area contributed by atoms with Crippen molar-refractivity contribution in [3.8, 4) is 0 Å². The number of amides is 1. The molecule has 0 aliphatic carbocycles. The van der Waals surface area contributed by atoms with E-state index in [0.717, 1.165) is 18.9 Å². The molecule has 2 heteroatoms. The van der Waals surface area contributed by atoms with Gasteiger partial charge in [0, 0.05) is 13.0 Å². The summed E-state index contributed by atoms with van der Waals surface area (Å²) in [4.78, 5) is 11.8. The Hall–Kier alpha value is -0.530. The van der Waals surface area contributed by atoms with Crippen LogP contribution >= 0.6 is 0 Å². The van der Waals surface area contributed by atoms with E-state index in [9.17, 15) is 4.79 Å². The van der Waals surface area contributed by atoms with E-state index in [0.29, 0.717) is 6.42 Å². The lowest BCUT2D eigenvalue weighted by molar-refractivity contribution is -0.124. The summed E-state index contributed by atoms with van der Waals surface area (Å²) in [5, 5.41) is 3.03. The lowest BCUT2D eigenvalue weighted by Crippen LogP contribution is -2.36. The Bertz CT molecular complexity index is 236. The van der Waals surface area contributed by atoms with Crippen molar-refractivity contribution in [1.82, 2.24) is 5.32 Å². The molecule has 1 N–H and O–H groups in total. The second-order valence-electron chi connectivity index (χ2n) is 7.20. The predicted molar refractivity (Wildman–Crippen MR) is 86.3 cm³/mol. The molecule has 2 nitrogen and oxygen atoms in total. The summed E-state index contributed by atoms with van der Waals surface area (Å²) in [7, 11) is 0. The van der Waals surface area contributed by atoms with Gasteiger partial charge in [-0.15, -0.1) is 0 Å². The van der Waals surface area contributed by atoms with Gasteiger partial charge in [-0.1, -0.05) is 62.3 Å². The first-order chi connectivity index (χ1) is 8.56. The molecule has 0 aromatic rings. The number of nitrogens with one attached hydrogen (secondary N) is 1. The maximum atomic E-state index is 11.8. The Kier molecular flexibility index (Phi) is 10.3. The molecule has 0 rings (SSSR count). The predicted octanol–water partition coefficient (Wildman–Crippen LogP) is 5.03. The summed E-state index contributed by atoms with van der Waals surface area (Å²) < 4.78 is 0. The SMILES string of the molecule is CC.CC(C)CCCNC(=O)CC(C)(C)C(C)(C)C. The third-order valence-corrected chi connectivity index (χ3v) is 3.91. The monoisotopic (exact) mass is 271 g/mol. The first-order valence-electron chi connectivity index (χ1n) is 7.83. The van der Waals surface area contributed by atoms with E-state index in [2.05, 4.69) is 53.8 Å². The van der Waals surface area contributed by atoms with Gasteiger partial charge >= 0.3 is 0 Å². The summed E-state index contributed by atoms with van der Waals surface area (Å²) in [5.74, 6) is 0.909. The smallest absolute Gasteiger partial charge is 0.220 e. The van der Waals surface area contributed by atoms with Crippen LogP contribution in [-0.2, 0) is 4.79 Å². The molecule has 0 unspecified atom stereocenters. The van der Waals surface area contributed by atoms with Crippen molar-refractivity contribution in [1.29, 1.82) is 0 Å². The van der Waals surface area contributed by atoms with E-state index >= 15 is 0 Å². The van der Waals surface area contributed by atoms with Crippen molar-refractivity contribution in [2.24, 2.45) is 16.7 Å². The zero-order valence-corrected chi connectivity index (χ0v) is 14.8. The zero-order valence-electron chi connectivity index (χ0n) is 14.8. The summed E-state index contributed by atoms with van der Waals surface area (Å²) in [6.07, 6.45) is 2.88. The minimum atomic E-state index is 0.0368. The fourth-order valence-corrected chi connectivity index (χ4v) is 1.47. The highest BCUT2D eigenvalue weighted by atomic mass is 16.1. The number of carbonyl (C=O) groups is 1. The molecule has 0 radical (unpaired) electrons. The lowest BCUT2D eigenvalue weighted by atomic mass is 9.67. The third-order valence-electron chi connectivity index (χ3n) is 3.91. The van der Waals surface area contributed by atoms with Gasteiger partial charge in [0.15, 0.2) is 0 Å². The third kappa shape index (κ3) is 9.98. The van der Waals surface area contributed by atoms with Crippen LogP contribution in [0, 0.1) is 16.7 Å². The van der Waals surface area contributed by atoms with Crippen LogP contribution < -0.4 is 5.32 Å². The van der Waals surface area contributed by atoms with Crippen LogP contribution in [-0.4, -0.2) is 12.5 Å². The molecule has 1 amide bonds. The molecular weight excluding hydrogens is 234 g/mol. The maximum absolute atomic E-state index is 11.8. The van der Waals surface area contributed by atoms with Gasteiger partial charge in [-0.25, -0.2) is 0 Å². The molecule has 0 aliphatic rings. The molecule has 0 fully saturated rings. The average Bonchev–Trinajstić information content (AvgIpc) is 2.25. The largest absolute Gasteiger partial charge is 0.356 e. The van der Waals surface area contributed by atoms with E-state index < -0.39 is 0 Å². The van der Waals surface area contributed by atoms with Gasteiger partial charge in [-0.3, -0.25) is 4.79 Å². The molecule has 0 atom stereocenters. The van der Waals surface area contributed by atoms with Gasteiger partial charge < -0.3 is 5.32 Å². The highest BCUT2D eigenvalue weighted by Gasteiger charge is 2.34. The second kappa shape index (κ2) is 9.39. The molecule has 0 saturated carbocycles. The Labute approximate surface area is 121 Å². The normalized spacial score (nSPS) is 11.9. The quantitative estimate of drug-likeness (QED) is 0.675. The summed E-state index contributed by atoms with van der Waals surface area (Å²) >= 11 is 0. The summed E-state index contributed by atoms with van der Waals surface area (Å²) in [5.41, 5.74) is 0.192. The van der Waals surface area contributed by atoms with Crippen molar-refractivity contribution in [3.63, 3.8) is 0 Å². The number of hydrogen-bond acceptors (Lipinski definition) is 1. The highest BCUT2D eigenvalue weighted by molar-refractivity contribution is 5.76. The van der Waals surface area contributed by atoms with Crippen LogP contribution in [0.25, 0.3) is 0 Å². The van der Waals surface area contributed by atoms with Gasteiger partial charge in [0.05, 0.1) is 0 Å². The molecule has 116 valence electrons. The first kappa shape index (κ1) is 20.8. The first-order valence-corrected chi connectivity index (χ1v) is 7.83. The fourth-order valence-electron chi connectivity index (χ4n) is 1.47. The average molecular weight is 271 g/mol. The molecule has 0 aromatic heterocycles. The minimum Gasteiger partial charge on any atom is -0.356 e. The van der Waals surface area contributed by atoms with Crippen LogP contribution in [0.1, 0.15) is 81.6 Å². The second-order valence-corrected chi connectivity index (χ2v) is 7.20. The Morgan fingerprint density at radius 1 is 1.05 bits per heavy atom. The number of carbonyl (C=O) groups excluding carboxylic acids is 1. The standard InChI is InChI=1S/C15H31NO.C2H6/c1-12(2)9-8-10-16-13(17)11-15(6,7)14(3,4)5;1-2/h12H,8-11H2,1-7H3,(H,16,17);1-2H3. The topological polar surface area (TPSA) is 29.1 Å². The molecule has 0 bridgehead atoms. The van der Waals surface area contributed by atoms with E-state index in [1.165, 1.54) is 6.42 Å². The molecular formula is C17H37NO. The van der Waals surface area contributed by atoms with Crippen molar-refractivity contribution in [2.45, 2.75) is 81.6 Å². The number of rotatable bonds is 6. The molecule has 0 aliphatic heterocycles. The van der Waals surface area contributed by atoms with Crippen molar-refractivity contribution in [3.05, 3.63) is 0 Å². The van der Waals surface area contributed by atoms with Gasteiger partial charge in [-0.2, -0.15) is 0 Å². The van der Waals surface area contributed by atoms with Crippen LogP contribution in [0.3, 0.4) is 0 Å². The van der Waals surface area contributed by atoms with E-state index in [1.54, 1.807) is 0 Å². The van der Waals surface area contributed by atoms with Crippen molar-refractivity contribution < 1.29 is 4.79 Å². The van der Waals surface area contributed by atoms with Gasteiger partial charge in [0.1, 0.15) is 0 Å². The van der Waals surface area contributed by atoms with Gasteiger partial charge in [0.25, 0.3) is 0 Å². The van der Waals surface area contributed by atoms with Crippen LogP contribution in [0.4, 0.5) is 0 Å². The Morgan fingerprint density at radius 3 is 1.89 bits per heavy atom. The Morgan fingerprint density at radius 2 is 1.53 bits per heavy atom. The van der Waals surface area contributed by atoms with Crippen LogP contribution in [0.2, 0.25) is 0 Å². The van der Waals surface area contributed by atoms with Crippen molar-refractivity contribution >= 4 is 5.91 Å². The molecule has 0 spiro atoms. The van der Waals surface area contributed by atoms with E-state index in [-0.39, 0.29) is 16.7 Å². The maximum Gasteiger partial charge on any atom is 0.220 e. The highest BCUT2D eigenvalue weighted by Crippen LogP contribution is 2.40. The van der Waals surface area contributed by atoms with E-state index in [4.69, 9.17) is 0 Å². The van der Waals surface area contributed by atoms with Crippen molar-refractivity contribution in [2.75, 3.05) is 6.54 Å². The van der Waals surface area contributed by atoms with Gasteiger partial charge in [0.2, 0.25) is 5.91 Å². The summed E-state index contributed by atoms with van der Waals surface area (Å²) in [6.45, 7) is 20.2. The van der Waals surface area contributed by atoms with Crippen LogP contribution in [0.15, 0.2) is 0 Å². The molecule has 0 saturated heterocycles. The Balaban J connectivity index is 0. The number of hydrogen-bond donors (Lipinski definition) is 1. The molecule has 0 heterocycles. The minimum absolute atomic E-state index is 0.0368. The van der Waals surface area contributed by atoms with Crippen LogP contribution in [0.5, 0.6) is 0 Å². The molecule has 19 heavy (non-hydrogen) atoms.